The van der Waals surface area contributed by atoms with Crippen molar-refractivity contribution in [3.63, 3.8) is 0 Å². The zero-order valence-corrected chi connectivity index (χ0v) is 13.8. The molecule has 2 rings (SSSR count). The Morgan fingerprint density at radius 1 is 1.33 bits per heavy atom. The second-order valence-electron chi connectivity index (χ2n) is 5.82. The average molecular weight is 304 g/mol. The van der Waals surface area contributed by atoms with Crippen molar-refractivity contribution in [2.24, 2.45) is 11.7 Å². The molecule has 1 aromatic heterocycles. The third-order valence-corrected chi connectivity index (χ3v) is 4.36. The minimum Gasteiger partial charge on any atom is -0.493 e. The Morgan fingerprint density at radius 3 is 2.76 bits per heavy atom. The number of hydrogen-bond donors (Lipinski definition) is 1. The van der Waals surface area contributed by atoms with E-state index in [1.165, 1.54) is 5.56 Å². The number of nitrogens with two attached hydrogens (primary N) is 1. The lowest BCUT2D eigenvalue weighted by atomic mass is 10.00. The SMILES string of the molecule is Cc1csc(C(CN)Cc2cccc(OCC(C)C)c2)n1. The van der Waals surface area contributed by atoms with Crippen LogP contribution in [-0.2, 0) is 6.42 Å². The van der Waals surface area contributed by atoms with E-state index in [9.17, 15) is 0 Å². The topological polar surface area (TPSA) is 48.1 Å². The van der Waals surface area contributed by atoms with Crippen LogP contribution in [-0.4, -0.2) is 18.1 Å². The van der Waals surface area contributed by atoms with Crippen LogP contribution in [0.3, 0.4) is 0 Å². The fraction of sp³-hybridized carbons (Fsp3) is 0.471. The van der Waals surface area contributed by atoms with Crippen molar-refractivity contribution in [2.45, 2.75) is 33.1 Å². The van der Waals surface area contributed by atoms with Crippen LogP contribution in [0.1, 0.15) is 36.0 Å². The van der Waals surface area contributed by atoms with E-state index in [4.69, 9.17) is 10.5 Å². The molecule has 2 aromatic rings. The van der Waals surface area contributed by atoms with E-state index >= 15 is 0 Å². The minimum atomic E-state index is 0.282. The number of ether oxygens (including phenoxy) is 1. The van der Waals surface area contributed by atoms with Gasteiger partial charge in [0.1, 0.15) is 5.75 Å². The predicted octanol–water partition coefficient (Wildman–Crippen LogP) is 3.77. The van der Waals surface area contributed by atoms with Crippen molar-refractivity contribution in [1.82, 2.24) is 4.98 Å². The van der Waals surface area contributed by atoms with Gasteiger partial charge in [-0.15, -0.1) is 11.3 Å². The first-order chi connectivity index (χ1) is 10.1. The number of nitrogens with zero attached hydrogens (tertiary/aromatic N) is 1. The standard InChI is InChI=1S/C17H24N2OS/c1-12(2)10-20-16-6-4-5-14(8-16)7-15(9-18)17-19-13(3)11-21-17/h4-6,8,11-12,15H,7,9-10,18H2,1-3H3. The third-order valence-electron chi connectivity index (χ3n) is 3.23. The summed E-state index contributed by atoms with van der Waals surface area (Å²) in [6, 6.07) is 8.30. The maximum atomic E-state index is 5.93. The number of hydrogen-bond acceptors (Lipinski definition) is 4. The summed E-state index contributed by atoms with van der Waals surface area (Å²) < 4.78 is 5.79. The Bertz CT molecular complexity index is 565. The Morgan fingerprint density at radius 2 is 2.14 bits per heavy atom. The van der Waals surface area contributed by atoms with E-state index in [1.807, 2.05) is 19.1 Å². The summed E-state index contributed by atoms with van der Waals surface area (Å²) in [5.41, 5.74) is 8.26. The average Bonchev–Trinajstić information content (AvgIpc) is 2.89. The van der Waals surface area contributed by atoms with Gasteiger partial charge in [-0.25, -0.2) is 4.98 Å². The van der Waals surface area contributed by atoms with E-state index in [1.54, 1.807) is 11.3 Å². The van der Waals surface area contributed by atoms with Gasteiger partial charge >= 0.3 is 0 Å². The van der Waals surface area contributed by atoms with Crippen molar-refractivity contribution in [2.75, 3.05) is 13.2 Å². The maximum absolute atomic E-state index is 5.93. The lowest BCUT2D eigenvalue weighted by Gasteiger charge is -2.14. The predicted molar refractivity (Wildman–Crippen MR) is 89.1 cm³/mol. The molecule has 21 heavy (non-hydrogen) atoms. The molecular weight excluding hydrogens is 280 g/mol. The van der Waals surface area contributed by atoms with E-state index in [2.05, 4.69) is 36.3 Å². The van der Waals surface area contributed by atoms with Crippen molar-refractivity contribution >= 4 is 11.3 Å². The molecule has 0 fully saturated rings. The summed E-state index contributed by atoms with van der Waals surface area (Å²) >= 11 is 1.70. The molecule has 1 aromatic carbocycles. The highest BCUT2D eigenvalue weighted by Crippen LogP contribution is 2.25. The molecule has 3 nitrogen and oxygen atoms in total. The largest absolute Gasteiger partial charge is 0.493 e. The first-order valence-electron chi connectivity index (χ1n) is 7.42. The second kappa shape index (κ2) is 7.57. The van der Waals surface area contributed by atoms with Crippen LogP contribution >= 0.6 is 11.3 Å². The van der Waals surface area contributed by atoms with Gasteiger partial charge in [0.15, 0.2) is 0 Å². The Kier molecular flexibility index (Phi) is 5.76. The van der Waals surface area contributed by atoms with E-state index in [-0.39, 0.29) is 5.92 Å². The highest BCUT2D eigenvalue weighted by molar-refractivity contribution is 7.09. The van der Waals surface area contributed by atoms with Crippen LogP contribution < -0.4 is 10.5 Å². The molecular formula is C17H24N2OS. The number of aromatic nitrogens is 1. The molecule has 0 saturated carbocycles. The van der Waals surface area contributed by atoms with Crippen molar-refractivity contribution in [3.8, 4) is 5.75 Å². The van der Waals surface area contributed by atoms with Crippen molar-refractivity contribution < 1.29 is 4.74 Å². The van der Waals surface area contributed by atoms with Gasteiger partial charge in [0.25, 0.3) is 0 Å². The molecule has 0 bridgehead atoms. The Labute approximate surface area is 131 Å². The van der Waals surface area contributed by atoms with Gasteiger partial charge in [-0.1, -0.05) is 26.0 Å². The molecule has 0 saturated heterocycles. The van der Waals surface area contributed by atoms with Gasteiger partial charge < -0.3 is 10.5 Å². The van der Waals surface area contributed by atoms with E-state index in [0.717, 1.165) is 29.5 Å². The Hall–Kier alpha value is -1.39. The summed E-state index contributed by atoms with van der Waals surface area (Å²) in [5.74, 6) is 1.75. The summed E-state index contributed by atoms with van der Waals surface area (Å²) in [4.78, 5) is 4.57. The third kappa shape index (κ3) is 4.83. The van der Waals surface area contributed by atoms with Gasteiger partial charge in [-0.3, -0.25) is 0 Å². The fourth-order valence-electron chi connectivity index (χ4n) is 2.14. The molecule has 0 spiro atoms. The monoisotopic (exact) mass is 304 g/mol. The van der Waals surface area contributed by atoms with Gasteiger partial charge in [-0.05, 0) is 37.0 Å². The van der Waals surface area contributed by atoms with Gasteiger partial charge in [0.2, 0.25) is 0 Å². The van der Waals surface area contributed by atoms with Crippen molar-refractivity contribution in [1.29, 1.82) is 0 Å². The number of thiazole rings is 1. The van der Waals surface area contributed by atoms with Crippen LogP contribution in [0, 0.1) is 12.8 Å². The summed E-state index contributed by atoms with van der Waals surface area (Å²) in [5, 5.41) is 3.21. The molecule has 0 radical (unpaired) electrons. The van der Waals surface area contributed by atoms with E-state index < -0.39 is 0 Å². The minimum absolute atomic E-state index is 0.282. The second-order valence-corrected chi connectivity index (χ2v) is 6.71. The summed E-state index contributed by atoms with van der Waals surface area (Å²) in [7, 11) is 0. The molecule has 1 atom stereocenters. The molecule has 1 heterocycles. The molecule has 0 aliphatic rings. The van der Waals surface area contributed by atoms with Crippen molar-refractivity contribution in [3.05, 3.63) is 45.9 Å². The first-order valence-corrected chi connectivity index (χ1v) is 8.30. The zero-order valence-electron chi connectivity index (χ0n) is 13.0. The highest BCUT2D eigenvalue weighted by Gasteiger charge is 2.14. The first kappa shape index (κ1) is 16.0. The lowest BCUT2D eigenvalue weighted by Crippen LogP contribution is -2.15. The normalized spacial score (nSPS) is 12.6. The lowest BCUT2D eigenvalue weighted by molar-refractivity contribution is 0.271. The molecule has 4 heteroatoms. The molecule has 114 valence electrons. The summed E-state index contributed by atoms with van der Waals surface area (Å²) in [6.07, 6.45) is 0.905. The molecule has 2 N–H and O–H groups in total. The van der Waals surface area contributed by atoms with Crippen LogP contribution in [0.15, 0.2) is 29.6 Å². The van der Waals surface area contributed by atoms with Gasteiger partial charge in [0, 0.05) is 23.5 Å². The number of benzene rings is 1. The molecule has 0 amide bonds. The van der Waals surface area contributed by atoms with Gasteiger partial charge in [0.05, 0.1) is 11.6 Å². The quantitative estimate of drug-likeness (QED) is 0.847. The van der Waals surface area contributed by atoms with Crippen LogP contribution in [0.5, 0.6) is 5.75 Å². The zero-order chi connectivity index (χ0) is 15.2. The van der Waals surface area contributed by atoms with E-state index in [0.29, 0.717) is 12.5 Å². The molecule has 0 aliphatic heterocycles. The fourth-order valence-corrected chi connectivity index (χ4v) is 3.05. The number of aryl methyl sites for hydroxylation is 1. The van der Waals surface area contributed by atoms with Crippen LogP contribution in [0.25, 0.3) is 0 Å². The highest BCUT2D eigenvalue weighted by atomic mass is 32.1. The van der Waals surface area contributed by atoms with Crippen LogP contribution in [0.4, 0.5) is 0 Å². The van der Waals surface area contributed by atoms with Crippen LogP contribution in [0.2, 0.25) is 0 Å². The maximum Gasteiger partial charge on any atom is 0.119 e. The number of rotatable bonds is 7. The smallest absolute Gasteiger partial charge is 0.119 e. The molecule has 0 aliphatic carbocycles. The summed E-state index contributed by atoms with van der Waals surface area (Å²) in [6.45, 7) is 7.69. The van der Waals surface area contributed by atoms with Gasteiger partial charge in [-0.2, -0.15) is 0 Å². The Balaban J connectivity index is 2.05. The molecule has 1 unspecified atom stereocenters.